The Balaban J connectivity index is 2.01. The molecule has 1 fully saturated rings. The number of allylic oxidation sites excluding steroid dienone is 1. The zero-order valence-corrected chi connectivity index (χ0v) is 11.9. The molecule has 1 aromatic rings. The predicted octanol–water partition coefficient (Wildman–Crippen LogP) is 3.26. The molecule has 0 aromatic heterocycles. The van der Waals surface area contributed by atoms with Crippen LogP contribution in [0, 0.1) is 5.92 Å². The van der Waals surface area contributed by atoms with Gasteiger partial charge in [-0.1, -0.05) is 30.3 Å². The molecular formula is C15H18O2Si. The number of hydrogen-bond acceptors (Lipinski definition) is 2. The maximum absolute atomic E-state index is 12.3. The molecule has 0 N–H and O–H groups in total. The lowest BCUT2D eigenvalue weighted by molar-refractivity contribution is -0.113. The summed E-state index contributed by atoms with van der Waals surface area (Å²) in [6.45, 7) is 5.16. The number of benzene rings is 1. The van der Waals surface area contributed by atoms with Crippen LogP contribution in [0.2, 0.25) is 19.1 Å². The Morgan fingerprint density at radius 1 is 1.22 bits per heavy atom. The maximum atomic E-state index is 12.3. The Bertz CT molecular complexity index is 517. The van der Waals surface area contributed by atoms with Crippen LogP contribution < -0.4 is 0 Å². The van der Waals surface area contributed by atoms with Gasteiger partial charge in [0.05, 0.1) is 6.61 Å². The van der Waals surface area contributed by atoms with Gasteiger partial charge in [-0.15, -0.1) is 0 Å². The number of carbonyl (C=O) groups is 1. The van der Waals surface area contributed by atoms with Crippen molar-refractivity contribution in [2.75, 3.05) is 6.61 Å². The van der Waals surface area contributed by atoms with Crippen molar-refractivity contribution in [1.29, 1.82) is 0 Å². The molecule has 1 aromatic carbocycles. The summed E-state index contributed by atoms with van der Waals surface area (Å²) in [5.41, 5.74) is 3.24. The first-order valence-electron chi connectivity index (χ1n) is 6.52. The normalized spacial score (nSPS) is 26.3. The summed E-state index contributed by atoms with van der Waals surface area (Å²) >= 11 is 0. The molecular weight excluding hydrogens is 240 g/mol. The Labute approximate surface area is 109 Å². The van der Waals surface area contributed by atoms with Crippen molar-refractivity contribution in [1.82, 2.24) is 0 Å². The lowest BCUT2D eigenvalue weighted by Gasteiger charge is -2.33. The molecule has 1 atom stereocenters. The third-order valence-corrected chi connectivity index (χ3v) is 6.35. The number of fused-ring (bicyclic) bond motifs is 1. The highest BCUT2D eigenvalue weighted by Crippen LogP contribution is 2.43. The minimum absolute atomic E-state index is 0.302. The maximum Gasteiger partial charge on any atom is 0.187 e. The summed E-state index contributed by atoms with van der Waals surface area (Å²) in [6.07, 6.45) is 0.694. The van der Waals surface area contributed by atoms with E-state index in [1.54, 1.807) is 0 Å². The Morgan fingerprint density at radius 3 is 2.67 bits per heavy atom. The third-order valence-electron chi connectivity index (χ3n) is 3.94. The summed E-state index contributed by atoms with van der Waals surface area (Å²) in [5, 5.41) is 0. The summed E-state index contributed by atoms with van der Waals surface area (Å²) < 4.78 is 6.01. The van der Waals surface area contributed by atoms with Crippen LogP contribution in [0.25, 0.3) is 5.57 Å². The van der Waals surface area contributed by atoms with Crippen LogP contribution in [-0.4, -0.2) is 20.7 Å². The molecule has 18 heavy (non-hydrogen) atoms. The molecule has 1 saturated heterocycles. The van der Waals surface area contributed by atoms with E-state index < -0.39 is 8.32 Å². The van der Waals surface area contributed by atoms with Crippen molar-refractivity contribution < 1.29 is 9.22 Å². The number of carbonyl (C=O) groups excluding carboxylic acids is 1. The van der Waals surface area contributed by atoms with Gasteiger partial charge >= 0.3 is 0 Å². The van der Waals surface area contributed by atoms with Gasteiger partial charge in [-0.3, -0.25) is 4.79 Å². The first kappa shape index (κ1) is 11.9. The van der Waals surface area contributed by atoms with Gasteiger partial charge in [0.25, 0.3) is 0 Å². The quantitative estimate of drug-likeness (QED) is 0.723. The van der Waals surface area contributed by atoms with Crippen molar-refractivity contribution in [3.63, 3.8) is 0 Å². The zero-order valence-electron chi connectivity index (χ0n) is 10.9. The Hall–Kier alpha value is -1.19. The SMILES string of the molecule is C[Si]1(C)CC2CC(=O)C(c3ccccc3)=C2CO1. The van der Waals surface area contributed by atoms with Crippen molar-refractivity contribution in [3.05, 3.63) is 41.5 Å². The average Bonchev–Trinajstić information content (AvgIpc) is 2.64. The molecule has 3 heteroatoms. The minimum Gasteiger partial charge on any atom is -0.413 e. The van der Waals surface area contributed by atoms with E-state index >= 15 is 0 Å². The summed E-state index contributed by atoms with van der Waals surface area (Å²) in [4.78, 5) is 12.3. The van der Waals surface area contributed by atoms with Crippen LogP contribution in [0.15, 0.2) is 35.9 Å². The fourth-order valence-electron chi connectivity index (χ4n) is 3.09. The molecule has 1 unspecified atom stereocenters. The fraction of sp³-hybridized carbons (Fsp3) is 0.400. The van der Waals surface area contributed by atoms with Crippen LogP contribution in [0.3, 0.4) is 0 Å². The fourth-order valence-corrected chi connectivity index (χ4v) is 5.34. The van der Waals surface area contributed by atoms with Gasteiger partial charge in [0.15, 0.2) is 14.1 Å². The van der Waals surface area contributed by atoms with Crippen LogP contribution >= 0.6 is 0 Å². The van der Waals surface area contributed by atoms with Crippen molar-refractivity contribution in [2.45, 2.75) is 25.6 Å². The van der Waals surface area contributed by atoms with E-state index in [2.05, 4.69) is 13.1 Å². The molecule has 0 amide bonds. The highest BCUT2D eigenvalue weighted by atomic mass is 28.4. The third kappa shape index (κ3) is 1.97. The number of Topliss-reactive ketones (excluding diaryl/α,β-unsaturated/α-hetero) is 1. The smallest absolute Gasteiger partial charge is 0.187 e. The molecule has 0 bridgehead atoms. The van der Waals surface area contributed by atoms with Crippen LogP contribution in [0.1, 0.15) is 12.0 Å². The van der Waals surface area contributed by atoms with E-state index in [1.165, 1.54) is 5.57 Å². The van der Waals surface area contributed by atoms with Crippen molar-refractivity contribution >= 4 is 19.7 Å². The first-order chi connectivity index (χ1) is 8.57. The molecule has 1 aliphatic heterocycles. The van der Waals surface area contributed by atoms with Crippen LogP contribution in [0.5, 0.6) is 0 Å². The van der Waals surface area contributed by atoms with E-state index in [9.17, 15) is 4.79 Å². The zero-order chi connectivity index (χ0) is 12.8. The Kier molecular flexibility index (Phi) is 2.75. The largest absolute Gasteiger partial charge is 0.413 e. The molecule has 1 aliphatic carbocycles. The highest BCUT2D eigenvalue weighted by Gasteiger charge is 2.41. The van der Waals surface area contributed by atoms with Gasteiger partial charge in [0.2, 0.25) is 0 Å². The minimum atomic E-state index is -1.52. The van der Waals surface area contributed by atoms with E-state index in [0.29, 0.717) is 24.7 Å². The van der Waals surface area contributed by atoms with Crippen molar-refractivity contribution in [3.8, 4) is 0 Å². The second-order valence-electron chi connectivity index (χ2n) is 5.84. The standard InChI is InChI=1S/C15H18O2Si/c1-18(2)10-12-8-14(16)15(13(12)9-17-18)11-6-4-3-5-7-11/h3-7,12H,8-10H2,1-2H3. The second-order valence-corrected chi connectivity index (χ2v) is 10.1. The molecule has 2 nitrogen and oxygen atoms in total. The lowest BCUT2D eigenvalue weighted by atomic mass is 9.99. The first-order valence-corrected chi connectivity index (χ1v) is 9.64. The summed E-state index contributed by atoms with van der Waals surface area (Å²) in [6, 6.07) is 11.1. The number of hydrogen-bond donors (Lipinski definition) is 0. The molecule has 0 spiro atoms. The van der Waals surface area contributed by atoms with E-state index in [4.69, 9.17) is 4.43 Å². The van der Waals surface area contributed by atoms with Crippen LogP contribution in [0.4, 0.5) is 0 Å². The van der Waals surface area contributed by atoms with Crippen molar-refractivity contribution in [2.24, 2.45) is 5.92 Å². The monoisotopic (exact) mass is 258 g/mol. The van der Waals surface area contributed by atoms with Gasteiger partial charge in [-0.2, -0.15) is 0 Å². The highest BCUT2D eigenvalue weighted by molar-refractivity contribution is 6.71. The molecule has 3 rings (SSSR count). The van der Waals surface area contributed by atoms with Gasteiger partial charge in [-0.05, 0) is 36.2 Å². The van der Waals surface area contributed by atoms with Gasteiger partial charge < -0.3 is 4.43 Å². The molecule has 94 valence electrons. The van der Waals surface area contributed by atoms with Crippen LogP contribution in [-0.2, 0) is 9.22 Å². The number of ketones is 1. The van der Waals surface area contributed by atoms with Gasteiger partial charge in [-0.25, -0.2) is 0 Å². The number of rotatable bonds is 1. The molecule has 0 saturated carbocycles. The summed E-state index contributed by atoms with van der Waals surface area (Å²) in [5.74, 6) is 0.750. The second kappa shape index (κ2) is 4.18. The Morgan fingerprint density at radius 2 is 1.94 bits per heavy atom. The van der Waals surface area contributed by atoms with Gasteiger partial charge in [0.1, 0.15) is 0 Å². The average molecular weight is 258 g/mol. The molecule has 2 aliphatic rings. The summed E-state index contributed by atoms with van der Waals surface area (Å²) in [7, 11) is -1.52. The van der Waals surface area contributed by atoms with E-state index in [1.807, 2.05) is 30.3 Å². The van der Waals surface area contributed by atoms with Gasteiger partial charge in [0, 0.05) is 12.0 Å². The molecule has 1 heterocycles. The van der Waals surface area contributed by atoms with E-state index in [-0.39, 0.29) is 0 Å². The van der Waals surface area contributed by atoms with E-state index in [0.717, 1.165) is 17.2 Å². The lowest BCUT2D eigenvalue weighted by Crippen LogP contribution is -2.38. The topological polar surface area (TPSA) is 26.3 Å². The predicted molar refractivity (Wildman–Crippen MR) is 74.7 cm³/mol. The molecule has 0 radical (unpaired) electrons.